The van der Waals surface area contributed by atoms with Crippen LogP contribution in [-0.4, -0.2) is 25.5 Å². The highest BCUT2D eigenvalue weighted by Crippen LogP contribution is 2.31. The second-order valence-corrected chi connectivity index (χ2v) is 3.13. The lowest BCUT2D eigenvalue weighted by Crippen LogP contribution is -1.87. The predicted molar refractivity (Wildman–Crippen MR) is 56.8 cm³/mol. The number of aromatic amines is 1. The van der Waals surface area contributed by atoms with Gasteiger partial charge in [-0.05, 0) is 6.07 Å². The van der Waals surface area contributed by atoms with Gasteiger partial charge in [0.15, 0.2) is 6.29 Å². The molecular weight excluding hydrogens is 194 g/mol. The fourth-order valence-electron chi connectivity index (χ4n) is 1.55. The van der Waals surface area contributed by atoms with Gasteiger partial charge in [0.2, 0.25) is 0 Å². The number of aromatic nitrogens is 1. The molecule has 0 aliphatic rings. The van der Waals surface area contributed by atoms with Gasteiger partial charge in [0.25, 0.3) is 0 Å². The van der Waals surface area contributed by atoms with E-state index >= 15 is 0 Å². The van der Waals surface area contributed by atoms with Crippen molar-refractivity contribution in [2.45, 2.75) is 0 Å². The predicted octanol–water partition coefficient (Wildman–Crippen LogP) is 2.00. The number of hydrogen-bond donors (Lipinski definition) is 1. The first-order valence-corrected chi connectivity index (χ1v) is 4.48. The number of fused-ring (bicyclic) bond motifs is 1. The van der Waals surface area contributed by atoms with E-state index in [4.69, 9.17) is 9.47 Å². The van der Waals surface area contributed by atoms with E-state index in [1.54, 1.807) is 26.4 Å². The lowest BCUT2D eigenvalue weighted by molar-refractivity contribution is 0.112. The summed E-state index contributed by atoms with van der Waals surface area (Å²) in [5, 5.41) is 0.875. The van der Waals surface area contributed by atoms with Crippen molar-refractivity contribution in [3.8, 4) is 11.5 Å². The number of methoxy groups -OCH3 is 2. The Balaban J connectivity index is 2.71. The maximum atomic E-state index is 10.6. The number of H-pyrrole nitrogens is 1. The van der Waals surface area contributed by atoms with Crippen molar-refractivity contribution >= 4 is 17.2 Å². The first-order valence-electron chi connectivity index (χ1n) is 4.48. The smallest absolute Gasteiger partial charge is 0.166 e. The van der Waals surface area contributed by atoms with Gasteiger partial charge >= 0.3 is 0 Å². The number of ether oxygens (including phenoxy) is 2. The van der Waals surface area contributed by atoms with Gasteiger partial charge in [-0.1, -0.05) is 0 Å². The van der Waals surface area contributed by atoms with E-state index in [0.29, 0.717) is 17.2 Å². The van der Waals surface area contributed by atoms with Crippen LogP contribution < -0.4 is 9.47 Å². The average Bonchev–Trinajstić information content (AvgIpc) is 2.70. The molecule has 4 nitrogen and oxygen atoms in total. The molecule has 0 unspecified atom stereocenters. The Kier molecular flexibility index (Phi) is 2.33. The highest BCUT2D eigenvalue weighted by molar-refractivity contribution is 5.93. The topological polar surface area (TPSA) is 51.3 Å². The Labute approximate surface area is 86.8 Å². The Morgan fingerprint density at radius 2 is 2.00 bits per heavy atom. The number of carbonyl (C=O) groups excluding carboxylic acids is 1. The summed E-state index contributed by atoms with van der Waals surface area (Å²) < 4.78 is 10.3. The molecular formula is C11H11NO3. The van der Waals surface area contributed by atoms with Gasteiger partial charge in [-0.3, -0.25) is 4.79 Å². The second kappa shape index (κ2) is 3.65. The molecule has 0 aliphatic heterocycles. The molecule has 78 valence electrons. The average molecular weight is 205 g/mol. The van der Waals surface area contributed by atoms with Gasteiger partial charge in [0.05, 0.1) is 25.4 Å². The lowest BCUT2D eigenvalue weighted by atomic mass is 10.2. The summed E-state index contributed by atoms with van der Waals surface area (Å²) in [5.74, 6) is 1.38. The van der Waals surface area contributed by atoms with Crippen LogP contribution in [0.15, 0.2) is 18.2 Å². The van der Waals surface area contributed by atoms with Crippen LogP contribution in [0.5, 0.6) is 11.5 Å². The minimum absolute atomic E-state index is 0.525. The van der Waals surface area contributed by atoms with Crippen molar-refractivity contribution in [3.05, 3.63) is 23.9 Å². The van der Waals surface area contributed by atoms with Gasteiger partial charge in [0.1, 0.15) is 11.5 Å². The molecule has 0 saturated carbocycles. The van der Waals surface area contributed by atoms with Crippen molar-refractivity contribution in [3.63, 3.8) is 0 Å². The van der Waals surface area contributed by atoms with Crippen LogP contribution in [0.1, 0.15) is 10.5 Å². The molecule has 1 N–H and O–H groups in total. The molecule has 4 heteroatoms. The maximum absolute atomic E-state index is 10.6. The van der Waals surface area contributed by atoms with Crippen LogP contribution in [0.2, 0.25) is 0 Å². The molecule has 0 aliphatic carbocycles. The Bertz CT molecular complexity index is 502. The Morgan fingerprint density at radius 3 is 2.60 bits per heavy atom. The molecule has 2 aromatic rings. The van der Waals surface area contributed by atoms with E-state index in [9.17, 15) is 4.79 Å². The third-order valence-corrected chi connectivity index (χ3v) is 2.28. The summed E-state index contributed by atoms with van der Waals surface area (Å²) in [5.41, 5.74) is 1.35. The van der Waals surface area contributed by atoms with E-state index < -0.39 is 0 Å². The molecule has 0 amide bonds. The van der Waals surface area contributed by atoms with Crippen molar-refractivity contribution < 1.29 is 14.3 Å². The second-order valence-electron chi connectivity index (χ2n) is 3.13. The monoisotopic (exact) mass is 205 g/mol. The van der Waals surface area contributed by atoms with Gasteiger partial charge in [-0.2, -0.15) is 0 Å². The third-order valence-electron chi connectivity index (χ3n) is 2.28. The molecule has 2 rings (SSSR count). The van der Waals surface area contributed by atoms with Crippen LogP contribution in [0.3, 0.4) is 0 Å². The van der Waals surface area contributed by atoms with Crippen molar-refractivity contribution in [2.75, 3.05) is 14.2 Å². The SMILES string of the molecule is COc1cc(OC)c2cc(C=O)[nH]c2c1. The van der Waals surface area contributed by atoms with Crippen molar-refractivity contribution in [1.82, 2.24) is 4.98 Å². The number of hydrogen-bond acceptors (Lipinski definition) is 3. The van der Waals surface area contributed by atoms with E-state index in [1.165, 1.54) is 0 Å². The molecule has 0 radical (unpaired) electrons. The quantitative estimate of drug-likeness (QED) is 0.779. The van der Waals surface area contributed by atoms with E-state index in [1.807, 2.05) is 6.07 Å². The highest BCUT2D eigenvalue weighted by Gasteiger charge is 2.08. The molecule has 1 aromatic carbocycles. The van der Waals surface area contributed by atoms with Gasteiger partial charge in [0, 0.05) is 17.5 Å². The Morgan fingerprint density at radius 1 is 1.20 bits per heavy atom. The molecule has 0 saturated heterocycles. The summed E-state index contributed by atoms with van der Waals surface area (Å²) in [6, 6.07) is 5.36. The highest BCUT2D eigenvalue weighted by atomic mass is 16.5. The molecule has 15 heavy (non-hydrogen) atoms. The van der Waals surface area contributed by atoms with Gasteiger partial charge in [-0.15, -0.1) is 0 Å². The van der Waals surface area contributed by atoms with Crippen LogP contribution in [0.4, 0.5) is 0 Å². The first-order chi connectivity index (χ1) is 7.28. The summed E-state index contributed by atoms with van der Waals surface area (Å²) in [6.45, 7) is 0. The Hall–Kier alpha value is -1.97. The number of aldehydes is 1. The van der Waals surface area contributed by atoms with E-state index in [0.717, 1.165) is 17.2 Å². The molecule has 1 aromatic heterocycles. The molecule has 0 fully saturated rings. The number of rotatable bonds is 3. The largest absolute Gasteiger partial charge is 0.497 e. The molecule has 0 atom stereocenters. The van der Waals surface area contributed by atoms with Crippen molar-refractivity contribution in [2.24, 2.45) is 0 Å². The van der Waals surface area contributed by atoms with Gasteiger partial charge < -0.3 is 14.5 Å². The standard InChI is InChI=1S/C11H11NO3/c1-14-8-4-10-9(11(5-8)15-2)3-7(6-13)12-10/h3-6,12H,1-2H3. The first kappa shape index (κ1) is 9.58. The normalized spacial score (nSPS) is 10.3. The molecule has 0 bridgehead atoms. The number of carbonyl (C=O) groups is 1. The fourth-order valence-corrected chi connectivity index (χ4v) is 1.55. The summed E-state index contributed by atoms with van der Waals surface area (Å²) in [6.07, 6.45) is 0.770. The zero-order valence-electron chi connectivity index (χ0n) is 8.53. The summed E-state index contributed by atoms with van der Waals surface area (Å²) in [7, 11) is 3.17. The zero-order valence-corrected chi connectivity index (χ0v) is 8.53. The van der Waals surface area contributed by atoms with Crippen molar-refractivity contribution in [1.29, 1.82) is 0 Å². The summed E-state index contributed by atoms with van der Waals surface area (Å²) in [4.78, 5) is 13.6. The molecule has 1 heterocycles. The third kappa shape index (κ3) is 1.54. The van der Waals surface area contributed by atoms with Crippen LogP contribution in [-0.2, 0) is 0 Å². The minimum Gasteiger partial charge on any atom is -0.497 e. The van der Waals surface area contributed by atoms with Gasteiger partial charge in [-0.25, -0.2) is 0 Å². The fraction of sp³-hybridized carbons (Fsp3) is 0.182. The van der Waals surface area contributed by atoms with Crippen LogP contribution >= 0.6 is 0 Å². The van der Waals surface area contributed by atoms with E-state index in [-0.39, 0.29) is 0 Å². The lowest BCUT2D eigenvalue weighted by Gasteiger charge is -2.04. The van der Waals surface area contributed by atoms with E-state index in [2.05, 4.69) is 4.98 Å². The van der Waals surface area contributed by atoms with Crippen LogP contribution in [0, 0.1) is 0 Å². The number of benzene rings is 1. The van der Waals surface area contributed by atoms with Crippen LogP contribution in [0.25, 0.3) is 10.9 Å². The maximum Gasteiger partial charge on any atom is 0.166 e. The minimum atomic E-state index is 0.525. The number of nitrogens with one attached hydrogen (secondary N) is 1. The molecule has 0 spiro atoms. The zero-order chi connectivity index (χ0) is 10.8. The summed E-state index contributed by atoms with van der Waals surface area (Å²) >= 11 is 0.